The van der Waals surface area contributed by atoms with Crippen LogP contribution in [-0.2, 0) is 14.4 Å². The predicted octanol–water partition coefficient (Wildman–Crippen LogP) is 0.294. The number of carboxylic acid groups (broad SMARTS) is 1. The first kappa shape index (κ1) is 15.2. The van der Waals surface area contributed by atoms with Crippen molar-refractivity contribution < 1.29 is 19.5 Å². The summed E-state index contributed by atoms with van der Waals surface area (Å²) in [5, 5.41) is 13.9. The second-order valence-corrected chi connectivity index (χ2v) is 4.84. The van der Waals surface area contributed by atoms with E-state index in [9.17, 15) is 14.4 Å². The van der Waals surface area contributed by atoms with Crippen LogP contribution in [0.25, 0.3) is 0 Å². The van der Waals surface area contributed by atoms with Crippen LogP contribution in [0.15, 0.2) is 12.7 Å². The van der Waals surface area contributed by atoms with Gasteiger partial charge in [0.05, 0.1) is 0 Å². The summed E-state index contributed by atoms with van der Waals surface area (Å²) in [6.45, 7) is 5.67. The van der Waals surface area contributed by atoms with Gasteiger partial charge in [-0.2, -0.15) is 0 Å². The van der Waals surface area contributed by atoms with E-state index in [2.05, 4.69) is 17.2 Å². The lowest BCUT2D eigenvalue weighted by atomic mass is 10.2. The van der Waals surface area contributed by atoms with Crippen molar-refractivity contribution in [1.82, 2.24) is 10.6 Å². The zero-order chi connectivity index (χ0) is 14.4. The molecule has 0 aliphatic heterocycles. The van der Waals surface area contributed by atoms with Crippen LogP contribution < -0.4 is 10.6 Å². The van der Waals surface area contributed by atoms with Gasteiger partial charge >= 0.3 is 5.97 Å². The van der Waals surface area contributed by atoms with Crippen molar-refractivity contribution >= 4 is 17.8 Å². The highest BCUT2D eigenvalue weighted by Crippen LogP contribution is 2.37. The van der Waals surface area contributed by atoms with Crippen LogP contribution in [0.1, 0.15) is 26.2 Å². The molecule has 3 unspecified atom stereocenters. The molecule has 0 saturated heterocycles. The Balaban J connectivity index is 2.21. The molecule has 6 heteroatoms. The smallest absolute Gasteiger partial charge is 0.326 e. The molecule has 0 aromatic heterocycles. The third-order valence-corrected chi connectivity index (χ3v) is 3.13. The molecule has 2 amide bonds. The van der Waals surface area contributed by atoms with Crippen molar-refractivity contribution in [1.29, 1.82) is 0 Å². The first-order chi connectivity index (χ1) is 8.95. The molecular weight excluding hydrogens is 248 g/mol. The van der Waals surface area contributed by atoms with Gasteiger partial charge in [0.2, 0.25) is 11.8 Å². The Kier molecular flexibility index (Phi) is 5.54. The van der Waals surface area contributed by atoms with Gasteiger partial charge in [-0.1, -0.05) is 13.0 Å². The number of carbonyl (C=O) groups is 3. The van der Waals surface area contributed by atoms with Crippen molar-refractivity contribution in [3.05, 3.63) is 12.7 Å². The summed E-state index contributed by atoms with van der Waals surface area (Å²) in [5.41, 5.74) is 0. The summed E-state index contributed by atoms with van der Waals surface area (Å²) >= 11 is 0. The van der Waals surface area contributed by atoms with Gasteiger partial charge in [0.25, 0.3) is 0 Å². The van der Waals surface area contributed by atoms with Gasteiger partial charge in [0.15, 0.2) is 0 Å². The average Bonchev–Trinajstić information content (AvgIpc) is 3.05. The van der Waals surface area contributed by atoms with Crippen LogP contribution in [-0.4, -0.2) is 35.5 Å². The SMILES string of the molecule is C=CCC(NC(=O)CCNC(=O)C1CC1C)C(=O)O. The summed E-state index contributed by atoms with van der Waals surface area (Å²) in [7, 11) is 0. The Bertz CT molecular complexity index is 381. The summed E-state index contributed by atoms with van der Waals surface area (Å²) in [6.07, 6.45) is 2.59. The largest absolute Gasteiger partial charge is 0.480 e. The Morgan fingerprint density at radius 1 is 1.47 bits per heavy atom. The molecule has 0 bridgehead atoms. The Hall–Kier alpha value is -1.85. The zero-order valence-electron chi connectivity index (χ0n) is 11.0. The summed E-state index contributed by atoms with van der Waals surface area (Å²) in [5.74, 6) is -1.00. The minimum atomic E-state index is -1.09. The Morgan fingerprint density at radius 2 is 2.11 bits per heavy atom. The molecule has 1 aliphatic carbocycles. The Morgan fingerprint density at radius 3 is 2.58 bits per heavy atom. The molecule has 0 spiro atoms. The van der Waals surface area contributed by atoms with E-state index in [1.165, 1.54) is 6.08 Å². The minimum absolute atomic E-state index is 0.0267. The van der Waals surface area contributed by atoms with Crippen LogP contribution in [0.5, 0.6) is 0 Å². The predicted molar refractivity (Wildman–Crippen MR) is 69.3 cm³/mol. The quantitative estimate of drug-likeness (QED) is 0.551. The van der Waals surface area contributed by atoms with E-state index in [1.807, 2.05) is 6.92 Å². The molecule has 0 aromatic rings. The van der Waals surface area contributed by atoms with E-state index in [0.717, 1.165) is 6.42 Å². The average molecular weight is 268 g/mol. The van der Waals surface area contributed by atoms with Crippen LogP contribution in [0.3, 0.4) is 0 Å². The summed E-state index contributed by atoms with van der Waals surface area (Å²) < 4.78 is 0. The standard InChI is InChI=1S/C13H20N2O4/c1-3-4-10(13(18)19)15-11(16)5-6-14-12(17)9-7-8(9)2/h3,8-10H,1,4-7H2,2H3,(H,14,17)(H,15,16)(H,18,19). The van der Waals surface area contributed by atoms with Crippen molar-refractivity contribution in [3.63, 3.8) is 0 Å². The normalized spacial score (nSPS) is 22.2. The number of hydrogen-bond donors (Lipinski definition) is 3. The number of carboxylic acids is 1. The van der Waals surface area contributed by atoms with Crippen LogP contribution in [0, 0.1) is 11.8 Å². The van der Waals surface area contributed by atoms with Crippen molar-refractivity contribution in [3.8, 4) is 0 Å². The number of amides is 2. The summed E-state index contributed by atoms with van der Waals surface area (Å²) in [6, 6.07) is -0.954. The van der Waals surface area contributed by atoms with Crippen LogP contribution >= 0.6 is 0 Å². The number of nitrogens with one attached hydrogen (secondary N) is 2. The van der Waals surface area contributed by atoms with Gasteiger partial charge in [-0.15, -0.1) is 6.58 Å². The fraction of sp³-hybridized carbons (Fsp3) is 0.615. The first-order valence-corrected chi connectivity index (χ1v) is 6.36. The lowest BCUT2D eigenvalue weighted by molar-refractivity contribution is -0.141. The van der Waals surface area contributed by atoms with E-state index in [-0.39, 0.29) is 31.2 Å². The molecule has 0 radical (unpaired) electrons. The molecule has 1 saturated carbocycles. The molecule has 106 valence electrons. The molecule has 0 heterocycles. The molecule has 19 heavy (non-hydrogen) atoms. The molecule has 0 aromatic carbocycles. The zero-order valence-corrected chi connectivity index (χ0v) is 11.0. The maximum Gasteiger partial charge on any atom is 0.326 e. The fourth-order valence-electron chi connectivity index (χ4n) is 1.77. The molecule has 1 aliphatic rings. The van der Waals surface area contributed by atoms with E-state index >= 15 is 0 Å². The topological polar surface area (TPSA) is 95.5 Å². The van der Waals surface area contributed by atoms with Gasteiger partial charge in [-0.05, 0) is 18.8 Å². The highest BCUT2D eigenvalue weighted by atomic mass is 16.4. The second kappa shape index (κ2) is 6.92. The number of hydrogen-bond acceptors (Lipinski definition) is 3. The molecular formula is C13H20N2O4. The lowest BCUT2D eigenvalue weighted by Crippen LogP contribution is -2.41. The van der Waals surface area contributed by atoms with E-state index in [0.29, 0.717) is 5.92 Å². The van der Waals surface area contributed by atoms with E-state index in [4.69, 9.17) is 5.11 Å². The molecule has 3 atom stereocenters. The van der Waals surface area contributed by atoms with E-state index in [1.54, 1.807) is 0 Å². The fourth-order valence-corrected chi connectivity index (χ4v) is 1.77. The monoisotopic (exact) mass is 268 g/mol. The maximum atomic E-state index is 11.5. The lowest BCUT2D eigenvalue weighted by Gasteiger charge is -2.12. The number of rotatable bonds is 8. The molecule has 3 N–H and O–H groups in total. The van der Waals surface area contributed by atoms with Gasteiger partial charge < -0.3 is 15.7 Å². The summed E-state index contributed by atoms with van der Waals surface area (Å²) in [4.78, 5) is 33.8. The van der Waals surface area contributed by atoms with Crippen LogP contribution in [0.2, 0.25) is 0 Å². The Labute approximate surface area is 112 Å². The first-order valence-electron chi connectivity index (χ1n) is 6.36. The number of carbonyl (C=O) groups excluding carboxylic acids is 2. The van der Waals surface area contributed by atoms with Crippen molar-refractivity contribution in [2.75, 3.05) is 6.54 Å². The van der Waals surface area contributed by atoms with Crippen molar-refractivity contribution in [2.24, 2.45) is 11.8 Å². The van der Waals surface area contributed by atoms with Crippen molar-refractivity contribution in [2.45, 2.75) is 32.2 Å². The van der Waals surface area contributed by atoms with Gasteiger partial charge in [-0.25, -0.2) is 4.79 Å². The minimum Gasteiger partial charge on any atom is -0.480 e. The highest BCUT2D eigenvalue weighted by Gasteiger charge is 2.38. The van der Waals surface area contributed by atoms with Crippen LogP contribution in [0.4, 0.5) is 0 Å². The third-order valence-electron chi connectivity index (χ3n) is 3.13. The molecule has 1 fully saturated rings. The van der Waals surface area contributed by atoms with E-state index < -0.39 is 17.9 Å². The third kappa shape index (κ3) is 5.11. The number of aliphatic carboxylic acids is 1. The molecule has 1 rings (SSSR count). The highest BCUT2D eigenvalue weighted by molar-refractivity contribution is 5.85. The maximum absolute atomic E-state index is 11.5. The van der Waals surface area contributed by atoms with Gasteiger partial charge in [0, 0.05) is 18.9 Å². The van der Waals surface area contributed by atoms with Gasteiger partial charge in [-0.3, -0.25) is 9.59 Å². The van der Waals surface area contributed by atoms with Gasteiger partial charge in [0.1, 0.15) is 6.04 Å². The molecule has 6 nitrogen and oxygen atoms in total. The second-order valence-electron chi connectivity index (χ2n) is 4.84.